The summed E-state index contributed by atoms with van der Waals surface area (Å²) in [5.41, 5.74) is 0.407. The number of thiazole rings is 1. The fourth-order valence-corrected chi connectivity index (χ4v) is 4.20. The number of esters is 1. The fourth-order valence-electron chi connectivity index (χ4n) is 2.59. The van der Waals surface area contributed by atoms with Gasteiger partial charge in [-0.1, -0.05) is 6.07 Å². The molecule has 22 heavy (non-hydrogen) atoms. The van der Waals surface area contributed by atoms with Crippen molar-refractivity contribution in [2.45, 2.75) is 25.3 Å². The lowest BCUT2D eigenvalue weighted by atomic mass is 10.0. The third-order valence-electron chi connectivity index (χ3n) is 3.69. The van der Waals surface area contributed by atoms with Crippen molar-refractivity contribution in [3.8, 4) is 9.88 Å². The van der Waals surface area contributed by atoms with Crippen molar-refractivity contribution >= 4 is 34.6 Å². The highest BCUT2D eigenvalue weighted by atomic mass is 32.1. The van der Waals surface area contributed by atoms with Crippen LogP contribution in [-0.4, -0.2) is 41.5 Å². The summed E-state index contributed by atoms with van der Waals surface area (Å²) in [7, 11) is 1.36. The van der Waals surface area contributed by atoms with Crippen molar-refractivity contribution in [2.75, 3.05) is 13.7 Å². The second kappa shape index (κ2) is 6.58. The standard InChI is InChI=1S/C15H16N2O3S2/c1-20-15(19)11-5-2-3-7-17(11)14(18)10-9-22-13(16-10)12-6-4-8-21-12/h4,6,8-9,11H,2-3,5,7H2,1H3. The number of amides is 1. The Bertz CT molecular complexity index is 666. The third kappa shape index (κ3) is 2.91. The maximum atomic E-state index is 12.7. The molecule has 1 aliphatic rings. The van der Waals surface area contributed by atoms with Crippen LogP contribution in [0.3, 0.4) is 0 Å². The predicted octanol–water partition coefficient (Wildman–Crippen LogP) is 3.04. The maximum absolute atomic E-state index is 12.7. The SMILES string of the molecule is COC(=O)C1CCCCN1C(=O)c1csc(-c2cccs2)n1. The highest BCUT2D eigenvalue weighted by molar-refractivity contribution is 7.20. The highest BCUT2D eigenvalue weighted by Gasteiger charge is 2.34. The molecule has 2 aromatic heterocycles. The van der Waals surface area contributed by atoms with Gasteiger partial charge in [0.05, 0.1) is 12.0 Å². The molecule has 1 unspecified atom stereocenters. The van der Waals surface area contributed by atoms with Crippen LogP contribution in [0.4, 0.5) is 0 Å². The lowest BCUT2D eigenvalue weighted by Crippen LogP contribution is -2.48. The van der Waals surface area contributed by atoms with E-state index in [4.69, 9.17) is 4.74 Å². The number of aromatic nitrogens is 1. The first-order valence-corrected chi connectivity index (χ1v) is 8.85. The van der Waals surface area contributed by atoms with Crippen molar-refractivity contribution < 1.29 is 14.3 Å². The number of hydrogen-bond acceptors (Lipinski definition) is 6. The summed E-state index contributed by atoms with van der Waals surface area (Å²) in [6.07, 6.45) is 2.49. The van der Waals surface area contributed by atoms with Crippen LogP contribution in [0.2, 0.25) is 0 Å². The van der Waals surface area contributed by atoms with E-state index in [9.17, 15) is 9.59 Å². The number of nitrogens with zero attached hydrogens (tertiary/aromatic N) is 2. The quantitative estimate of drug-likeness (QED) is 0.808. The minimum Gasteiger partial charge on any atom is -0.467 e. The van der Waals surface area contributed by atoms with E-state index in [1.165, 1.54) is 18.4 Å². The van der Waals surface area contributed by atoms with Crippen molar-refractivity contribution in [1.29, 1.82) is 0 Å². The predicted molar refractivity (Wildman–Crippen MR) is 86.1 cm³/mol. The van der Waals surface area contributed by atoms with Gasteiger partial charge in [-0.25, -0.2) is 9.78 Å². The van der Waals surface area contributed by atoms with Crippen LogP contribution in [0.1, 0.15) is 29.8 Å². The molecular formula is C15H16N2O3S2. The number of piperidine rings is 1. The number of carbonyl (C=O) groups is 2. The fraction of sp³-hybridized carbons (Fsp3) is 0.400. The van der Waals surface area contributed by atoms with Crippen molar-refractivity contribution in [3.63, 3.8) is 0 Å². The third-order valence-corrected chi connectivity index (χ3v) is 5.57. The first-order chi connectivity index (χ1) is 10.7. The van der Waals surface area contributed by atoms with E-state index >= 15 is 0 Å². The zero-order valence-corrected chi connectivity index (χ0v) is 13.8. The second-order valence-corrected chi connectivity index (χ2v) is 6.85. The molecule has 0 radical (unpaired) electrons. The van der Waals surface area contributed by atoms with Gasteiger partial charge in [0.25, 0.3) is 5.91 Å². The van der Waals surface area contributed by atoms with Gasteiger partial charge in [-0.3, -0.25) is 4.79 Å². The molecule has 0 spiro atoms. The summed E-state index contributed by atoms with van der Waals surface area (Å²) in [4.78, 5) is 31.6. The average molecular weight is 336 g/mol. The first kappa shape index (κ1) is 15.2. The Balaban J connectivity index is 1.81. The smallest absolute Gasteiger partial charge is 0.328 e. The Hall–Kier alpha value is -1.73. The van der Waals surface area contributed by atoms with Crippen LogP contribution in [0.5, 0.6) is 0 Å². The van der Waals surface area contributed by atoms with Crippen LogP contribution in [0.15, 0.2) is 22.9 Å². The van der Waals surface area contributed by atoms with Gasteiger partial charge in [0.15, 0.2) is 0 Å². The van der Waals surface area contributed by atoms with Crippen molar-refractivity contribution in [1.82, 2.24) is 9.88 Å². The van der Waals surface area contributed by atoms with E-state index in [2.05, 4.69) is 4.98 Å². The number of thiophene rings is 1. The number of methoxy groups -OCH3 is 1. The summed E-state index contributed by atoms with van der Waals surface area (Å²) in [5.74, 6) is -0.532. The Labute approximate surface area is 136 Å². The van der Waals surface area contributed by atoms with Crippen molar-refractivity contribution in [3.05, 3.63) is 28.6 Å². The molecule has 0 aromatic carbocycles. The lowest BCUT2D eigenvalue weighted by molar-refractivity contribution is -0.147. The molecule has 7 heteroatoms. The number of likely N-dealkylation sites (tertiary alicyclic amines) is 1. The summed E-state index contributed by atoms with van der Waals surface area (Å²) < 4.78 is 4.82. The van der Waals surface area contributed by atoms with Crippen LogP contribution >= 0.6 is 22.7 Å². The first-order valence-electron chi connectivity index (χ1n) is 7.09. The van der Waals surface area contributed by atoms with Gasteiger partial charge in [0.2, 0.25) is 0 Å². The van der Waals surface area contributed by atoms with E-state index in [1.807, 2.05) is 17.5 Å². The molecule has 116 valence electrons. The van der Waals surface area contributed by atoms with E-state index in [0.717, 1.165) is 22.7 Å². The maximum Gasteiger partial charge on any atom is 0.328 e. The molecule has 2 aromatic rings. The Morgan fingerprint density at radius 3 is 2.95 bits per heavy atom. The second-order valence-electron chi connectivity index (χ2n) is 5.05. The average Bonchev–Trinajstić information content (AvgIpc) is 3.24. The summed E-state index contributed by atoms with van der Waals surface area (Å²) in [6.45, 7) is 0.574. The lowest BCUT2D eigenvalue weighted by Gasteiger charge is -2.33. The Morgan fingerprint density at radius 2 is 2.23 bits per heavy atom. The molecule has 3 heterocycles. The van der Waals surface area contributed by atoms with Crippen LogP contribution in [0, 0.1) is 0 Å². The summed E-state index contributed by atoms with van der Waals surface area (Å²) in [6, 6.07) is 3.45. The molecule has 1 saturated heterocycles. The topological polar surface area (TPSA) is 59.5 Å². The van der Waals surface area contributed by atoms with Gasteiger partial charge < -0.3 is 9.64 Å². The molecule has 1 atom stereocenters. The Morgan fingerprint density at radius 1 is 1.36 bits per heavy atom. The Kier molecular flexibility index (Phi) is 4.54. The van der Waals surface area contributed by atoms with Crippen LogP contribution in [0.25, 0.3) is 9.88 Å². The van der Waals surface area contributed by atoms with E-state index < -0.39 is 6.04 Å². The molecule has 0 bridgehead atoms. The minimum atomic E-state index is -0.488. The monoisotopic (exact) mass is 336 g/mol. The zero-order chi connectivity index (χ0) is 15.5. The van der Waals surface area contributed by atoms with Gasteiger partial charge in [0, 0.05) is 11.9 Å². The molecule has 0 saturated carbocycles. The van der Waals surface area contributed by atoms with Gasteiger partial charge in [-0.2, -0.15) is 0 Å². The van der Waals surface area contributed by atoms with Gasteiger partial charge in [0.1, 0.15) is 16.7 Å². The molecule has 0 aliphatic carbocycles. The molecule has 3 rings (SSSR count). The van der Waals surface area contributed by atoms with Gasteiger partial charge in [-0.05, 0) is 30.7 Å². The largest absolute Gasteiger partial charge is 0.467 e. The minimum absolute atomic E-state index is 0.186. The van der Waals surface area contributed by atoms with E-state index in [-0.39, 0.29) is 11.9 Å². The van der Waals surface area contributed by atoms with Gasteiger partial charge >= 0.3 is 5.97 Å². The molecule has 1 amide bonds. The molecule has 5 nitrogen and oxygen atoms in total. The van der Waals surface area contributed by atoms with Crippen LogP contribution < -0.4 is 0 Å². The van der Waals surface area contributed by atoms with Crippen LogP contribution in [-0.2, 0) is 9.53 Å². The van der Waals surface area contributed by atoms with Crippen molar-refractivity contribution in [2.24, 2.45) is 0 Å². The summed E-state index contributed by atoms with van der Waals surface area (Å²) in [5, 5.41) is 4.58. The summed E-state index contributed by atoms with van der Waals surface area (Å²) >= 11 is 3.05. The number of ether oxygens (including phenoxy) is 1. The number of hydrogen-bond donors (Lipinski definition) is 0. The molecule has 0 N–H and O–H groups in total. The number of carbonyl (C=O) groups excluding carboxylic acids is 2. The normalized spacial score (nSPS) is 18.2. The molecular weight excluding hydrogens is 320 g/mol. The van der Waals surface area contributed by atoms with E-state index in [0.29, 0.717) is 18.7 Å². The van der Waals surface area contributed by atoms with E-state index in [1.54, 1.807) is 21.6 Å². The zero-order valence-electron chi connectivity index (χ0n) is 12.2. The molecule has 1 aliphatic heterocycles. The highest BCUT2D eigenvalue weighted by Crippen LogP contribution is 2.29. The number of rotatable bonds is 3. The van der Waals surface area contributed by atoms with Gasteiger partial charge in [-0.15, -0.1) is 22.7 Å². The molecule has 1 fully saturated rings.